The predicted octanol–water partition coefficient (Wildman–Crippen LogP) is 14.8. The summed E-state index contributed by atoms with van der Waals surface area (Å²) in [5.74, 6) is -0.191. The molecule has 7 atom stereocenters. The number of hydrogen-bond donors (Lipinski definition) is 6. The van der Waals surface area contributed by atoms with Crippen LogP contribution < -0.4 is 5.32 Å². The van der Waals surface area contributed by atoms with Crippen LogP contribution in [-0.4, -0.2) is 87.5 Å². The van der Waals surface area contributed by atoms with E-state index < -0.39 is 49.5 Å². The highest BCUT2D eigenvalue weighted by molar-refractivity contribution is 5.76. The van der Waals surface area contributed by atoms with E-state index in [1.165, 1.54) is 173 Å². The molecule has 9 nitrogen and oxygen atoms in total. The summed E-state index contributed by atoms with van der Waals surface area (Å²) in [5.41, 5.74) is 0. The number of hydrogen-bond acceptors (Lipinski definition) is 8. The maximum absolute atomic E-state index is 13.0. The van der Waals surface area contributed by atoms with E-state index in [0.29, 0.717) is 6.42 Å². The van der Waals surface area contributed by atoms with Crippen molar-refractivity contribution in [2.24, 2.45) is 0 Å². The Balaban J connectivity index is 2.15. The van der Waals surface area contributed by atoms with E-state index in [-0.39, 0.29) is 12.5 Å². The van der Waals surface area contributed by atoms with E-state index in [0.717, 1.165) is 64.2 Å². The molecule has 0 bridgehead atoms. The summed E-state index contributed by atoms with van der Waals surface area (Å²) in [5, 5.41) is 54.4. The minimum absolute atomic E-state index is 0.191. The monoisotopic (exact) mass is 998 g/mol. The van der Waals surface area contributed by atoms with Crippen molar-refractivity contribution in [1.82, 2.24) is 5.32 Å². The van der Waals surface area contributed by atoms with Crippen molar-refractivity contribution in [3.8, 4) is 0 Å². The average Bonchev–Trinajstić information content (AvgIpc) is 3.37. The first kappa shape index (κ1) is 66.6. The van der Waals surface area contributed by atoms with E-state index in [1.54, 1.807) is 6.08 Å². The second-order valence-electron chi connectivity index (χ2n) is 20.4. The van der Waals surface area contributed by atoms with E-state index >= 15 is 0 Å². The summed E-state index contributed by atoms with van der Waals surface area (Å²) in [6, 6.07) is -0.830. The summed E-state index contributed by atoms with van der Waals surface area (Å²) < 4.78 is 11.2. The Morgan fingerprint density at radius 3 is 1.28 bits per heavy atom. The van der Waals surface area contributed by atoms with Gasteiger partial charge in [0.05, 0.1) is 25.4 Å². The Morgan fingerprint density at radius 2 is 0.845 bits per heavy atom. The highest BCUT2D eigenvalue weighted by atomic mass is 16.7. The lowest BCUT2D eigenvalue weighted by atomic mass is 9.99. The molecule has 1 fully saturated rings. The van der Waals surface area contributed by atoms with Gasteiger partial charge < -0.3 is 40.3 Å². The summed E-state index contributed by atoms with van der Waals surface area (Å²) >= 11 is 0. The second-order valence-corrected chi connectivity index (χ2v) is 20.4. The topological polar surface area (TPSA) is 149 Å². The molecular weight excluding hydrogens is 887 g/mol. The van der Waals surface area contributed by atoms with Crippen molar-refractivity contribution in [1.29, 1.82) is 0 Å². The molecule has 1 saturated heterocycles. The van der Waals surface area contributed by atoms with Crippen LogP contribution in [0.15, 0.2) is 72.9 Å². The third kappa shape index (κ3) is 40.7. The summed E-state index contributed by atoms with van der Waals surface area (Å²) in [7, 11) is 0. The van der Waals surface area contributed by atoms with Crippen LogP contribution >= 0.6 is 0 Å². The lowest BCUT2D eigenvalue weighted by Crippen LogP contribution is -2.60. The minimum Gasteiger partial charge on any atom is -0.394 e. The van der Waals surface area contributed by atoms with Crippen LogP contribution in [-0.2, 0) is 14.3 Å². The fourth-order valence-corrected chi connectivity index (χ4v) is 9.02. The lowest BCUT2D eigenvalue weighted by molar-refractivity contribution is -0.302. The number of carbonyl (C=O) groups is 1. The van der Waals surface area contributed by atoms with Crippen LogP contribution in [0.3, 0.4) is 0 Å². The molecule has 1 rings (SSSR count). The Bertz CT molecular complexity index is 1340. The van der Waals surface area contributed by atoms with Crippen molar-refractivity contribution in [3.05, 3.63) is 72.9 Å². The fourth-order valence-electron chi connectivity index (χ4n) is 9.02. The fraction of sp³-hybridized carbons (Fsp3) is 0.790. The molecule has 0 aromatic carbocycles. The maximum Gasteiger partial charge on any atom is 0.220 e. The van der Waals surface area contributed by atoms with E-state index in [2.05, 4.69) is 79.9 Å². The molecule has 9 heteroatoms. The molecule has 1 aliphatic heterocycles. The lowest BCUT2D eigenvalue weighted by Gasteiger charge is -2.40. The molecule has 6 N–H and O–H groups in total. The highest BCUT2D eigenvalue weighted by Crippen LogP contribution is 2.23. The third-order valence-electron chi connectivity index (χ3n) is 13.7. The molecule has 0 aromatic rings. The maximum atomic E-state index is 13.0. The molecule has 0 saturated carbocycles. The van der Waals surface area contributed by atoms with Gasteiger partial charge in [-0.2, -0.15) is 0 Å². The van der Waals surface area contributed by atoms with Crippen LogP contribution in [0.1, 0.15) is 258 Å². The van der Waals surface area contributed by atoms with E-state index in [4.69, 9.17) is 9.47 Å². The number of amides is 1. The van der Waals surface area contributed by atoms with Crippen molar-refractivity contribution >= 4 is 5.91 Å². The minimum atomic E-state index is -1.58. The quantitative estimate of drug-likeness (QED) is 0.0261. The van der Waals surface area contributed by atoms with Gasteiger partial charge in [-0.15, -0.1) is 0 Å². The van der Waals surface area contributed by atoms with Crippen LogP contribution in [0.5, 0.6) is 0 Å². The van der Waals surface area contributed by atoms with Gasteiger partial charge in [-0.3, -0.25) is 4.79 Å². The van der Waals surface area contributed by atoms with Gasteiger partial charge in [-0.25, -0.2) is 0 Å². The van der Waals surface area contributed by atoms with Crippen molar-refractivity contribution in [2.75, 3.05) is 13.2 Å². The Morgan fingerprint density at radius 1 is 0.479 bits per heavy atom. The number of unbranched alkanes of at least 4 members (excludes halogenated alkanes) is 30. The number of rotatable bonds is 50. The molecule has 1 aliphatic rings. The Kier molecular flexibility index (Phi) is 48.0. The zero-order valence-electron chi connectivity index (χ0n) is 45.7. The van der Waals surface area contributed by atoms with Crippen LogP contribution in [0.2, 0.25) is 0 Å². The molecule has 0 aromatic heterocycles. The van der Waals surface area contributed by atoms with Crippen molar-refractivity contribution < 1.29 is 39.8 Å². The number of allylic oxidation sites excluding steroid dienone is 11. The number of aliphatic hydroxyl groups excluding tert-OH is 5. The molecule has 7 unspecified atom stereocenters. The van der Waals surface area contributed by atoms with Gasteiger partial charge in [0, 0.05) is 6.42 Å². The predicted molar refractivity (Wildman–Crippen MR) is 299 cm³/mol. The van der Waals surface area contributed by atoms with E-state index in [9.17, 15) is 30.3 Å². The van der Waals surface area contributed by atoms with E-state index in [1.807, 2.05) is 6.08 Å². The number of aliphatic hydroxyl groups is 5. The molecule has 1 amide bonds. The zero-order valence-corrected chi connectivity index (χ0v) is 45.7. The zero-order chi connectivity index (χ0) is 51.5. The summed E-state index contributed by atoms with van der Waals surface area (Å²) in [6.45, 7) is 3.73. The first-order valence-electron chi connectivity index (χ1n) is 29.7. The van der Waals surface area contributed by atoms with Gasteiger partial charge in [0.25, 0.3) is 0 Å². The average molecular weight is 999 g/mol. The van der Waals surface area contributed by atoms with Crippen LogP contribution in [0.25, 0.3) is 0 Å². The first-order chi connectivity index (χ1) is 34.8. The number of nitrogens with one attached hydrogen (secondary N) is 1. The smallest absolute Gasteiger partial charge is 0.220 e. The van der Waals surface area contributed by atoms with Gasteiger partial charge in [0.2, 0.25) is 5.91 Å². The Labute approximate surface area is 436 Å². The molecule has 0 aliphatic carbocycles. The summed E-state index contributed by atoms with van der Waals surface area (Å²) in [6.07, 6.45) is 64.1. The molecule has 412 valence electrons. The van der Waals surface area contributed by atoms with Gasteiger partial charge >= 0.3 is 0 Å². The number of ether oxygens (including phenoxy) is 2. The van der Waals surface area contributed by atoms with Gasteiger partial charge in [-0.05, 0) is 83.5 Å². The molecule has 0 radical (unpaired) electrons. The van der Waals surface area contributed by atoms with Gasteiger partial charge in [0.15, 0.2) is 6.29 Å². The normalized spacial score (nSPS) is 19.8. The molecule has 1 heterocycles. The Hall–Kier alpha value is -2.37. The standard InChI is InChI=1S/C62H111NO8/c1-3-5-7-9-11-13-15-17-19-20-21-22-23-24-25-26-27-28-29-30-31-32-33-34-35-36-38-40-42-44-46-48-50-52-58(66)63-55(54-70-62-61(69)60(68)59(67)57(53-64)71-62)56(65)51-49-47-45-43-41-39-37-18-16-14-12-10-8-6-4-2/h15-18,20-21,23-24,41,43,49,51,55-57,59-62,64-65,67-69H,3-14,19,22,25-40,42,44-48,50,52-54H2,1-2H3,(H,63,66)/b17-15-,18-16+,21-20-,24-23-,43-41+,51-49+. The van der Waals surface area contributed by atoms with Gasteiger partial charge in [0.1, 0.15) is 24.4 Å². The first-order valence-corrected chi connectivity index (χ1v) is 29.7. The summed E-state index contributed by atoms with van der Waals surface area (Å²) in [4.78, 5) is 13.0. The van der Waals surface area contributed by atoms with Crippen molar-refractivity contribution in [2.45, 2.75) is 301 Å². The van der Waals surface area contributed by atoms with Crippen LogP contribution in [0, 0.1) is 0 Å². The molecule has 0 spiro atoms. The third-order valence-corrected chi connectivity index (χ3v) is 13.7. The van der Waals surface area contributed by atoms with Crippen molar-refractivity contribution in [3.63, 3.8) is 0 Å². The second kappa shape index (κ2) is 51.1. The molecule has 71 heavy (non-hydrogen) atoms. The van der Waals surface area contributed by atoms with Gasteiger partial charge in [-0.1, -0.05) is 241 Å². The molecular formula is C62H111NO8. The van der Waals surface area contributed by atoms with Crippen LogP contribution in [0.4, 0.5) is 0 Å². The SMILES string of the molecule is CCCCCCC/C=C\C/C=C\C/C=C\CCCCCCCCCCCCCCCCCCCCC(=O)NC(COC1OC(CO)C(O)C(O)C1O)C(O)/C=C/CC/C=C/CC/C=C/CCCCCCC. The largest absolute Gasteiger partial charge is 0.394 e. The number of carbonyl (C=O) groups excluding carboxylic acids is 1. The highest BCUT2D eigenvalue weighted by Gasteiger charge is 2.44.